The van der Waals surface area contributed by atoms with Gasteiger partial charge in [-0.25, -0.2) is 0 Å². The van der Waals surface area contributed by atoms with Crippen LogP contribution in [0.2, 0.25) is 0 Å². The summed E-state index contributed by atoms with van der Waals surface area (Å²) in [5, 5.41) is 2.80. The van der Waals surface area contributed by atoms with Gasteiger partial charge in [-0.15, -0.1) is 0 Å². The van der Waals surface area contributed by atoms with Gasteiger partial charge in [-0.1, -0.05) is 60.7 Å². The molecular weight excluding hydrogens is 368 g/mol. The predicted molar refractivity (Wildman–Crippen MR) is 109 cm³/mol. The SMILES string of the molecule is C[C@@H](NC(=O)COC(=O)[C@@H]1CC(=O)N(CCc2ccccc2)C1)c1ccccc1. The van der Waals surface area contributed by atoms with Crippen LogP contribution in [0.25, 0.3) is 0 Å². The fraction of sp³-hybridized carbons (Fsp3) is 0.348. The second-order valence-corrected chi connectivity index (χ2v) is 7.28. The lowest BCUT2D eigenvalue weighted by molar-refractivity contribution is -0.152. The Hall–Kier alpha value is -3.15. The van der Waals surface area contributed by atoms with E-state index in [1.807, 2.05) is 67.6 Å². The van der Waals surface area contributed by atoms with Gasteiger partial charge in [0.05, 0.1) is 12.0 Å². The molecule has 1 N–H and O–H groups in total. The minimum atomic E-state index is -0.516. The van der Waals surface area contributed by atoms with Crippen LogP contribution in [-0.2, 0) is 25.5 Å². The van der Waals surface area contributed by atoms with Gasteiger partial charge < -0.3 is 15.0 Å². The van der Waals surface area contributed by atoms with E-state index in [0.29, 0.717) is 13.1 Å². The van der Waals surface area contributed by atoms with Crippen LogP contribution in [0.15, 0.2) is 60.7 Å². The lowest BCUT2D eigenvalue weighted by atomic mass is 10.1. The molecule has 0 aliphatic carbocycles. The first kappa shape index (κ1) is 20.6. The van der Waals surface area contributed by atoms with E-state index in [0.717, 1.165) is 17.5 Å². The molecule has 0 bridgehead atoms. The van der Waals surface area contributed by atoms with Crippen LogP contribution >= 0.6 is 0 Å². The van der Waals surface area contributed by atoms with Gasteiger partial charge in [0, 0.05) is 19.5 Å². The van der Waals surface area contributed by atoms with Crippen molar-refractivity contribution < 1.29 is 19.1 Å². The third-order valence-corrected chi connectivity index (χ3v) is 5.08. The largest absolute Gasteiger partial charge is 0.455 e. The molecule has 2 amide bonds. The van der Waals surface area contributed by atoms with Crippen molar-refractivity contribution >= 4 is 17.8 Å². The third kappa shape index (κ3) is 5.91. The number of nitrogens with one attached hydrogen (secondary N) is 1. The zero-order chi connectivity index (χ0) is 20.6. The summed E-state index contributed by atoms with van der Waals surface area (Å²) >= 11 is 0. The van der Waals surface area contributed by atoms with Crippen LogP contribution < -0.4 is 5.32 Å². The molecule has 2 atom stereocenters. The van der Waals surface area contributed by atoms with Crippen molar-refractivity contribution in [1.29, 1.82) is 0 Å². The topological polar surface area (TPSA) is 75.7 Å². The normalized spacial score (nSPS) is 17.1. The maximum absolute atomic E-state index is 12.3. The maximum atomic E-state index is 12.3. The van der Waals surface area contributed by atoms with E-state index in [4.69, 9.17) is 4.74 Å². The molecular formula is C23H26N2O4. The monoisotopic (exact) mass is 394 g/mol. The summed E-state index contributed by atoms with van der Waals surface area (Å²) in [7, 11) is 0. The number of rotatable bonds is 8. The van der Waals surface area contributed by atoms with Gasteiger partial charge in [-0.3, -0.25) is 14.4 Å². The molecule has 6 heteroatoms. The Balaban J connectivity index is 1.41. The highest BCUT2D eigenvalue weighted by molar-refractivity contribution is 5.88. The van der Waals surface area contributed by atoms with Gasteiger partial charge in [0.15, 0.2) is 6.61 Å². The minimum absolute atomic E-state index is 0.0509. The van der Waals surface area contributed by atoms with Gasteiger partial charge in [0.2, 0.25) is 5.91 Å². The van der Waals surface area contributed by atoms with Crippen LogP contribution in [0.4, 0.5) is 0 Å². The number of carbonyl (C=O) groups is 3. The molecule has 1 fully saturated rings. The molecule has 6 nitrogen and oxygen atoms in total. The quantitative estimate of drug-likeness (QED) is 0.698. The first-order valence-corrected chi connectivity index (χ1v) is 9.85. The van der Waals surface area contributed by atoms with E-state index in [2.05, 4.69) is 5.32 Å². The molecule has 29 heavy (non-hydrogen) atoms. The molecule has 2 aromatic carbocycles. The van der Waals surface area contributed by atoms with Crippen molar-refractivity contribution in [3.63, 3.8) is 0 Å². The molecule has 0 unspecified atom stereocenters. The van der Waals surface area contributed by atoms with E-state index >= 15 is 0 Å². The second-order valence-electron chi connectivity index (χ2n) is 7.28. The van der Waals surface area contributed by atoms with Crippen molar-refractivity contribution in [2.24, 2.45) is 5.92 Å². The average molecular weight is 394 g/mol. The van der Waals surface area contributed by atoms with E-state index in [1.165, 1.54) is 0 Å². The molecule has 1 aliphatic rings. The summed E-state index contributed by atoms with van der Waals surface area (Å²) < 4.78 is 5.15. The number of likely N-dealkylation sites (tertiary alicyclic amines) is 1. The lowest BCUT2D eigenvalue weighted by Crippen LogP contribution is -2.33. The number of amides is 2. The Labute approximate surface area is 170 Å². The number of nitrogens with zero attached hydrogens (tertiary/aromatic N) is 1. The fourth-order valence-electron chi connectivity index (χ4n) is 3.42. The van der Waals surface area contributed by atoms with Crippen LogP contribution in [0.1, 0.15) is 30.5 Å². The Kier molecular flexibility index (Phi) is 7.00. The van der Waals surface area contributed by atoms with E-state index < -0.39 is 11.9 Å². The summed E-state index contributed by atoms with van der Waals surface area (Å²) in [5.41, 5.74) is 2.12. The van der Waals surface area contributed by atoms with Gasteiger partial charge in [-0.2, -0.15) is 0 Å². The lowest BCUT2D eigenvalue weighted by Gasteiger charge is -2.17. The molecule has 1 saturated heterocycles. The summed E-state index contributed by atoms with van der Waals surface area (Å²) in [4.78, 5) is 38.2. The van der Waals surface area contributed by atoms with Crippen LogP contribution in [-0.4, -0.2) is 42.4 Å². The van der Waals surface area contributed by atoms with Crippen LogP contribution in [0, 0.1) is 5.92 Å². The number of hydrogen-bond acceptors (Lipinski definition) is 4. The molecule has 152 valence electrons. The van der Waals surface area contributed by atoms with Crippen molar-refractivity contribution in [3.05, 3.63) is 71.8 Å². The summed E-state index contributed by atoms with van der Waals surface area (Å²) in [6.07, 6.45) is 0.879. The first-order valence-electron chi connectivity index (χ1n) is 9.85. The Morgan fingerprint density at radius 2 is 1.76 bits per heavy atom. The first-order chi connectivity index (χ1) is 14.0. The molecule has 1 heterocycles. The highest BCUT2D eigenvalue weighted by Crippen LogP contribution is 2.20. The molecule has 0 aromatic heterocycles. The van der Waals surface area contributed by atoms with Crippen molar-refractivity contribution in [3.8, 4) is 0 Å². The molecule has 0 saturated carbocycles. The standard InChI is InChI=1S/C23H26N2O4/c1-17(19-10-6-3-7-11-19)24-21(26)16-29-23(28)20-14-22(27)25(15-20)13-12-18-8-4-2-5-9-18/h2-11,17,20H,12-16H2,1H3,(H,24,26)/t17-,20-/m1/s1. The number of ether oxygens (including phenoxy) is 1. The fourth-order valence-corrected chi connectivity index (χ4v) is 3.42. The van der Waals surface area contributed by atoms with E-state index in [9.17, 15) is 14.4 Å². The summed E-state index contributed by atoms with van der Waals surface area (Å²) in [5.74, 6) is -1.43. The van der Waals surface area contributed by atoms with Crippen LogP contribution in [0.5, 0.6) is 0 Å². The molecule has 0 radical (unpaired) electrons. The third-order valence-electron chi connectivity index (χ3n) is 5.08. The number of hydrogen-bond donors (Lipinski definition) is 1. The predicted octanol–water partition coefficient (Wildman–Crippen LogP) is 2.50. The number of carbonyl (C=O) groups excluding carboxylic acids is 3. The summed E-state index contributed by atoms with van der Waals surface area (Å²) in [6, 6.07) is 19.3. The molecule has 3 rings (SSSR count). The maximum Gasteiger partial charge on any atom is 0.311 e. The van der Waals surface area contributed by atoms with Crippen LogP contribution in [0.3, 0.4) is 0 Å². The van der Waals surface area contributed by atoms with Crippen molar-refractivity contribution in [2.45, 2.75) is 25.8 Å². The van der Waals surface area contributed by atoms with Gasteiger partial charge in [0.1, 0.15) is 0 Å². The highest BCUT2D eigenvalue weighted by Gasteiger charge is 2.35. The van der Waals surface area contributed by atoms with Gasteiger partial charge >= 0.3 is 5.97 Å². The molecule has 2 aromatic rings. The Morgan fingerprint density at radius 3 is 2.45 bits per heavy atom. The van der Waals surface area contributed by atoms with Crippen molar-refractivity contribution in [1.82, 2.24) is 10.2 Å². The second kappa shape index (κ2) is 9.87. The average Bonchev–Trinajstić information content (AvgIpc) is 3.12. The zero-order valence-electron chi connectivity index (χ0n) is 16.5. The van der Waals surface area contributed by atoms with E-state index in [-0.39, 0.29) is 30.9 Å². The number of esters is 1. The minimum Gasteiger partial charge on any atom is -0.455 e. The number of benzene rings is 2. The van der Waals surface area contributed by atoms with Gasteiger partial charge in [0.25, 0.3) is 5.91 Å². The van der Waals surface area contributed by atoms with E-state index in [1.54, 1.807) is 4.90 Å². The van der Waals surface area contributed by atoms with Gasteiger partial charge in [-0.05, 0) is 24.5 Å². The highest BCUT2D eigenvalue weighted by atomic mass is 16.5. The molecule has 1 aliphatic heterocycles. The Bertz CT molecular complexity index is 838. The zero-order valence-corrected chi connectivity index (χ0v) is 16.5. The molecule has 0 spiro atoms. The summed E-state index contributed by atoms with van der Waals surface area (Å²) in [6.45, 7) is 2.44. The smallest absolute Gasteiger partial charge is 0.311 e. The Morgan fingerprint density at radius 1 is 1.10 bits per heavy atom. The van der Waals surface area contributed by atoms with Crippen molar-refractivity contribution in [2.75, 3.05) is 19.7 Å².